The van der Waals surface area contributed by atoms with Gasteiger partial charge in [-0.05, 0) is 18.2 Å². The summed E-state index contributed by atoms with van der Waals surface area (Å²) in [6.07, 6.45) is 0.277. The van der Waals surface area contributed by atoms with E-state index in [-0.39, 0.29) is 43.2 Å². The smallest absolute Gasteiger partial charge is 0.253 e. The summed E-state index contributed by atoms with van der Waals surface area (Å²) in [5.74, 6) is 4.27. The van der Waals surface area contributed by atoms with Crippen LogP contribution in [0.2, 0.25) is 0 Å². The van der Waals surface area contributed by atoms with Crippen molar-refractivity contribution < 1.29 is 19.4 Å². The molecule has 0 heterocycles. The number of halogens is 1. The van der Waals surface area contributed by atoms with Gasteiger partial charge in [0.2, 0.25) is 0 Å². The molecule has 5 heteroatoms. The number of likely N-dealkylation sites (N-methyl/N-ethyl adjacent to an activating group) is 1. The number of hydrogen-bond donors (Lipinski definition) is 2. The molecule has 102 valence electrons. The first-order chi connectivity index (χ1) is 9.10. The van der Waals surface area contributed by atoms with Crippen molar-refractivity contribution in [2.75, 3.05) is 26.8 Å². The highest BCUT2D eigenvalue weighted by atomic mass is 19.1. The van der Waals surface area contributed by atoms with Crippen LogP contribution in [0, 0.1) is 17.7 Å². The van der Waals surface area contributed by atoms with Crippen LogP contribution in [0.5, 0.6) is 0 Å². The molecule has 0 aliphatic heterocycles. The fourth-order valence-electron chi connectivity index (χ4n) is 1.44. The minimum atomic E-state index is -0.575. The number of rotatable bonds is 4. The number of hydrogen-bond acceptors (Lipinski definition) is 3. The van der Waals surface area contributed by atoms with E-state index in [2.05, 4.69) is 11.8 Å². The lowest BCUT2D eigenvalue weighted by atomic mass is 10.1. The van der Waals surface area contributed by atoms with Crippen LogP contribution < -0.4 is 0 Å². The van der Waals surface area contributed by atoms with Gasteiger partial charge in [-0.25, -0.2) is 4.39 Å². The summed E-state index contributed by atoms with van der Waals surface area (Å²) in [6, 6.07) is 4.04. The second kappa shape index (κ2) is 7.52. The van der Waals surface area contributed by atoms with E-state index in [1.54, 1.807) is 0 Å². The van der Waals surface area contributed by atoms with Gasteiger partial charge in [0, 0.05) is 25.6 Å². The Kier molecular flexibility index (Phi) is 6.00. The molecule has 2 N–H and O–H groups in total. The number of amides is 1. The molecular weight excluding hydrogens is 249 g/mol. The molecule has 0 spiro atoms. The highest BCUT2D eigenvalue weighted by Crippen LogP contribution is 2.11. The van der Waals surface area contributed by atoms with Gasteiger partial charge in [-0.15, -0.1) is 0 Å². The molecule has 0 atom stereocenters. The lowest BCUT2D eigenvalue weighted by Gasteiger charge is -2.15. The number of carbonyl (C=O) groups is 1. The van der Waals surface area contributed by atoms with Gasteiger partial charge in [0.05, 0.1) is 18.8 Å². The fraction of sp³-hybridized carbons (Fsp3) is 0.357. The van der Waals surface area contributed by atoms with Crippen LogP contribution in [0.4, 0.5) is 4.39 Å². The molecule has 1 aromatic rings. The van der Waals surface area contributed by atoms with Crippen molar-refractivity contribution in [2.45, 2.75) is 6.42 Å². The number of benzene rings is 1. The molecule has 4 nitrogen and oxygen atoms in total. The van der Waals surface area contributed by atoms with Gasteiger partial charge in [-0.1, -0.05) is 11.8 Å². The first-order valence-electron chi connectivity index (χ1n) is 5.85. The lowest BCUT2D eigenvalue weighted by Crippen LogP contribution is -2.29. The standard InChI is InChI=1S/C14H16FNO3/c1-16(7-9-18)14(19)12-6-5-11(13(15)10-12)4-2-3-8-17/h5-6,10,17-18H,3,7-9H2,1H3. The van der Waals surface area contributed by atoms with Crippen LogP contribution in [-0.4, -0.2) is 47.8 Å². The SMILES string of the molecule is CN(CCO)C(=O)c1ccc(C#CCCO)c(F)c1. The van der Waals surface area contributed by atoms with E-state index in [1.165, 1.54) is 24.1 Å². The van der Waals surface area contributed by atoms with E-state index in [4.69, 9.17) is 10.2 Å². The topological polar surface area (TPSA) is 60.8 Å². The predicted molar refractivity (Wildman–Crippen MR) is 69.0 cm³/mol. The van der Waals surface area contributed by atoms with Crippen molar-refractivity contribution in [2.24, 2.45) is 0 Å². The first kappa shape index (κ1) is 15.2. The van der Waals surface area contributed by atoms with Crippen molar-refractivity contribution in [3.05, 3.63) is 35.1 Å². The average Bonchev–Trinajstić information content (AvgIpc) is 2.40. The Morgan fingerprint density at radius 3 is 2.68 bits per heavy atom. The second-order valence-electron chi connectivity index (χ2n) is 3.92. The summed E-state index contributed by atoms with van der Waals surface area (Å²) in [7, 11) is 1.53. The normalized spacial score (nSPS) is 9.68. The molecule has 0 radical (unpaired) electrons. The van der Waals surface area contributed by atoms with Crippen molar-refractivity contribution in [1.82, 2.24) is 4.90 Å². The Hall–Kier alpha value is -1.90. The minimum absolute atomic E-state index is 0.0723. The predicted octanol–water partition coefficient (Wildman–Crippen LogP) is 0.624. The van der Waals surface area contributed by atoms with Crippen LogP contribution in [0.1, 0.15) is 22.3 Å². The van der Waals surface area contributed by atoms with E-state index < -0.39 is 5.82 Å². The Bertz CT molecular complexity index is 505. The monoisotopic (exact) mass is 265 g/mol. The zero-order chi connectivity index (χ0) is 14.3. The van der Waals surface area contributed by atoms with Crippen molar-refractivity contribution in [3.63, 3.8) is 0 Å². The van der Waals surface area contributed by atoms with Crippen LogP contribution in [-0.2, 0) is 0 Å². The third-order valence-corrected chi connectivity index (χ3v) is 2.46. The highest BCUT2D eigenvalue weighted by Gasteiger charge is 2.12. The summed E-state index contributed by atoms with van der Waals surface area (Å²) < 4.78 is 13.7. The molecule has 19 heavy (non-hydrogen) atoms. The zero-order valence-corrected chi connectivity index (χ0v) is 10.7. The van der Waals surface area contributed by atoms with E-state index in [9.17, 15) is 9.18 Å². The number of carbonyl (C=O) groups excluding carboxylic acids is 1. The van der Waals surface area contributed by atoms with Gasteiger partial charge in [0.15, 0.2) is 0 Å². The quantitative estimate of drug-likeness (QED) is 0.785. The Balaban J connectivity index is 2.88. The number of aliphatic hydroxyl groups is 2. The molecule has 1 rings (SSSR count). The van der Waals surface area contributed by atoms with Crippen molar-refractivity contribution in [3.8, 4) is 11.8 Å². The summed E-state index contributed by atoms with van der Waals surface area (Å²) >= 11 is 0. The summed E-state index contributed by atoms with van der Waals surface area (Å²) in [5, 5.41) is 17.3. The van der Waals surface area contributed by atoms with Crippen molar-refractivity contribution in [1.29, 1.82) is 0 Å². The van der Waals surface area contributed by atoms with Gasteiger partial charge >= 0.3 is 0 Å². The molecule has 0 fully saturated rings. The molecule has 1 amide bonds. The van der Waals surface area contributed by atoms with Crippen LogP contribution in [0.25, 0.3) is 0 Å². The maximum absolute atomic E-state index is 13.7. The third kappa shape index (κ3) is 4.36. The zero-order valence-electron chi connectivity index (χ0n) is 10.7. The van der Waals surface area contributed by atoms with Gasteiger partial charge in [-0.3, -0.25) is 4.79 Å². The first-order valence-corrected chi connectivity index (χ1v) is 5.85. The lowest BCUT2D eigenvalue weighted by molar-refractivity contribution is 0.0766. The molecule has 0 saturated carbocycles. The van der Waals surface area contributed by atoms with Gasteiger partial charge in [0.25, 0.3) is 5.91 Å². The molecule has 0 bridgehead atoms. The molecular formula is C14H16FNO3. The van der Waals surface area contributed by atoms with Gasteiger partial charge < -0.3 is 15.1 Å². The van der Waals surface area contributed by atoms with Crippen LogP contribution >= 0.6 is 0 Å². The Morgan fingerprint density at radius 1 is 1.37 bits per heavy atom. The van der Waals surface area contributed by atoms with Crippen LogP contribution in [0.3, 0.4) is 0 Å². The molecule has 0 aromatic heterocycles. The summed E-state index contributed by atoms with van der Waals surface area (Å²) in [4.78, 5) is 13.1. The van der Waals surface area contributed by atoms with Crippen LogP contribution in [0.15, 0.2) is 18.2 Å². The molecule has 0 unspecified atom stereocenters. The third-order valence-electron chi connectivity index (χ3n) is 2.46. The minimum Gasteiger partial charge on any atom is -0.395 e. The van der Waals surface area contributed by atoms with Crippen molar-refractivity contribution >= 4 is 5.91 Å². The molecule has 1 aromatic carbocycles. The summed E-state index contributed by atoms with van der Waals surface area (Å²) in [6.45, 7) is -0.0227. The molecule has 0 saturated heterocycles. The van der Waals surface area contributed by atoms with E-state index in [1.807, 2.05) is 0 Å². The Morgan fingerprint density at radius 2 is 2.11 bits per heavy atom. The molecule has 0 aliphatic rings. The van der Waals surface area contributed by atoms with Gasteiger partial charge in [0.1, 0.15) is 5.82 Å². The van der Waals surface area contributed by atoms with E-state index in [0.29, 0.717) is 0 Å². The Labute approximate surface area is 111 Å². The number of aliphatic hydroxyl groups excluding tert-OH is 2. The largest absolute Gasteiger partial charge is 0.395 e. The van der Waals surface area contributed by atoms with E-state index >= 15 is 0 Å². The summed E-state index contributed by atoms with van der Waals surface area (Å²) in [5.41, 5.74) is 0.399. The average molecular weight is 265 g/mol. The van der Waals surface area contributed by atoms with E-state index in [0.717, 1.165) is 6.07 Å². The maximum atomic E-state index is 13.7. The highest BCUT2D eigenvalue weighted by molar-refractivity contribution is 5.94. The molecule has 0 aliphatic carbocycles. The second-order valence-corrected chi connectivity index (χ2v) is 3.92. The van der Waals surface area contributed by atoms with Gasteiger partial charge in [-0.2, -0.15) is 0 Å². The fourth-order valence-corrected chi connectivity index (χ4v) is 1.44. The maximum Gasteiger partial charge on any atom is 0.253 e. The number of nitrogens with zero attached hydrogens (tertiary/aromatic N) is 1.